The number of hydrogen-bond donors (Lipinski definition) is 1. The molecule has 1 fully saturated rings. The lowest BCUT2D eigenvalue weighted by atomic mass is 10.2. The van der Waals surface area contributed by atoms with E-state index in [0.29, 0.717) is 23.9 Å². The Morgan fingerprint density at radius 1 is 1.32 bits per heavy atom. The Labute approximate surface area is 162 Å². The van der Waals surface area contributed by atoms with Crippen LogP contribution < -0.4 is 10.1 Å². The van der Waals surface area contributed by atoms with Gasteiger partial charge < -0.3 is 14.8 Å². The van der Waals surface area contributed by atoms with Crippen molar-refractivity contribution in [2.45, 2.75) is 45.3 Å². The van der Waals surface area contributed by atoms with Gasteiger partial charge in [-0.2, -0.15) is 4.80 Å². The normalized spacial score (nSPS) is 14.6. The van der Waals surface area contributed by atoms with Crippen LogP contribution in [-0.4, -0.2) is 45.1 Å². The largest absolute Gasteiger partial charge is 0.489 e. The number of ether oxygens (including phenoxy) is 2. The maximum absolute atomic E-state index is 13.0. The molecule has 150 valence electrons. The molecule has 0 unspecified atom stereocenters. The molecule has 9 heteroatoms. The molecule has 8 nitrogen and oxygen atoms in total. The Morgan fingerprint density at radius 3 is 2.64 bits per heavy atom. The second-order valence-corrected chi connectivity index (χ2v) is 7.60. The third-order valence-corrected chi connectivity index (χ3v) is 3.85. The molecule has 0 radical (unpaired) electrons. The van der Waals surface area contributed by atoms with Crippen LogP contribution >= 0.6 is 0 Å². The van der Waals surface area contributed by atoms with Crippen LogP contribution in [0.4, 0.5) is 9.18 Å². The SMILES string of the molecule is CC(C)(C)OC(=O)NC/C(=C\F)COc1ccc(-c2nnn(C3CC3)n2)cc1. The predicted octanol–water partition coefficient (Wildman–Crippen LogP) is 3.43. The molecule has 0 spiro atoms. The lowest BCUT2D eigenvalue weighted by molar-refractivity contribution is 0.0531. The van der Waals surface area contributed by atoms with Gasteiger partial charge in [0.2, 0.25) is 5.82 Å². The summed E-state index contributed by atoms with van der Waals surface area (Å²) >= 11 is 0. The van der Waals surface area contributed by atoms with E-state index in [0.717, 1.165) is 18.4 Å². The summed E-state index contributed by atoms with van der Waals surface area (Å²) in [5.74, 6) is 1.12. The highest BCUT2D eigenvalue weighted by Crippen LogP contribution is 2.33. The van der Waals surface area contributed by atoms with Crippen LogP contribution in [0.15, 0.2) is 36.2 Å². The molecular weight excluding hydrogens is 365 g/mol. The maximum Gasteiger partial charge on any atom is 0.407 e. The Hall–Kier alpha value is -2.97. The van der Waals surface area contributed by atoms with Gasteiger partial charge in [0.15, 0.2) is 0 Å². The molecule has 1 aromatic carbocycles. The fraction of sp³-hybridized carbons (Fsp3) is 0.474. The summed E-state index contributed by atoms with van der Waals surface area (Å²) in [6, 6.07) is 7.53. The van der Waals surface area contributed by atoms with E-state index in [1.807, 2.05) is 12.1 Å². The summed E-state index contributed by atoms with van der Waals surface area (Å²) < 4.78 is 23.7. The van der Waals surface area contributed by atoms with Crippen molar-refractivity contribution in [2.24, 2.45) is 0 Å². The van der Waals surface area contributed by atoms with Gasteiger partial charge in [-0.1, -0.05) is 0 Å². The van der Waals surface area contributed by atoms with E-state index in [2.05, 4.69) is 20.7 Å². The van der Waals surface area contributed by atoms with Crippen LogP contribution in [0.25, 0.3) is 11.4 Å². The van der Waals surface area contributed by atoms with Crippen LogP contribution in [0.2, 0.25) is 0 Å². The summed E-state index contributed by atoms with van der Waals surface area (Å²) in [6.07, 6.45) is 2.00. The number of nitrogens with zero attached hydrogens (tertiary/aromatic N) is 4. The number of aromatic nitrogens is 4. The lowest BCUT2D eigenvalue weighted by Crippen LogP contribution is -2.34. The molecule has 1 aliphatic carbocycles. The van der Waals surface area contributed by atoms with E-state index in [4.69, 9.17) is 9.47 Å². The fourth-order valence-electron chi connectivity index (χ4n) is 2.30. The minimum Gasteiger partial charge on any atom is -0.489 e. The molecule has 1 aliphatic rings. The van der Waals surface area contributed by atoms with Crippen molar-refractivity contribution in [2.75, 3.05) is 13.2 Å². The van der Waals surface area contributed by atoms with Gasteiger partial charge in [0, 0.05) is 17.7 Å². The van der Waals surface area contributed by atoms with Crippen molar-refractivity contribution in [3.8, 4) is 17.1 Å². The monoisotopic (exact) mass is 389 g/mol. The number of benzene rings is 1. The van der Waals surface area contributed by atoms with Crippen molar-refractivity contribution >= 4 is 6.09 Å². The molecule has 0 atom stereocenters. The fourth-order valence-corrected chi connectivity index (χ4v) is 2.30. The van der Waals surface area contributed by atoms with Gasteiger partial charge in [0.25, 0.3) is 0 Å². The zero-order valence-corrected chi connectivity index (χ0v) is 16.2. The second-order valence-electron chi connectivity index (χ2n) is 7.60. The van der Waals surface area contributed by atoms with Crippen LogP contribution in [-0.2, 0) is 4.74 Å². The number of carbonyl (C=O) groups excluding carboxylic acids is 1. The van der Waals surface area contributed by atoms with Crippen LogP contribution in [0, 0.1) is 0 Å². The number of halogens is 1. The van der Waals surface area contributed by atoms with Crippen LogP contribution in [0.5, 0.6) is 5.75 Å². The van der Waals surface area contributed by atoms with E-state index in [1.54, 1.807) is 37.7 Å². The van der Waals surface area contributed by atoms with E-state index >= 15 is 0 Å². The first-order valence-electron chi connectivity index (χ1n) is 9.12. The molecule has 28 heavy (non-hydrogen) atoms. The average molecular weight is 389 g/mol. The Morgan fingerprint density at radius 2 is 2.04 bits per heavy atom. The van der Waals surface area contributed by atoms with Crippen molar-refractivity contribution in [3.05, 3.63) is 36.2 Å². The average Bonchev–Trinajstić information content (AvgIpc) is 3.38. The first-order valence-corrected chi connectivity index (χ1v) is 9.12. The smallest absolute Gasteiger partial charge is 0.407 e. The topological polar surface area (TPSA) is 91.2 Å². The summed E-state index contributed by atoms with van der Waals surface area (Å²) in [6.45, 7) is 5.27. The van der Waals surface area contributed by atoms with E-state index in [9.17, 15) is 9.18 Å². The number of amides is 1. The van der Waals surface area contributed by atoms with Gasteiger partial charge in [-0.25, -0.2) is 9.18 Å². The zero-order valence-electron chi connectivity index (χ0n) is 16.2. The molecule has 1 aromatic heterocycles. The molecule has 1 N–H and O–H groups in total. The third kappa shape index (κ3) is 5.77. The summed E-state index contributed by atoms with van der Waals surface area (Å²) in [7, 11) is 0. The minimum atomic E-state index is -0.610. The van der Waals surface area contributed by atoms with Gasteiger partial charge >= 0.3 is 6.09 Å². The highest BCUT2D eigenvalue weighted by molar-refractivity contribution is 5.68. The highest BCUT2D eigenvalue weighted by atomic mass is 19.1. The van der Waals surface area contributed by atoms with E-state index < -0.39 is 11.7 Å². The molecule has 1 heterocycles. The molecule has 3 rings (SSSR count). The van der Waals surface area contributed by atoms with Crippen molar-refractivity contribution in [1.82, 2.24) is 25.5 Å². The van der Waals surface area contributed by atoms with E-state index in [1.165, 1.54) is 0 Å². The number of tetrazole rings is 1. The number of carbonyl (C=O) groups is 1. The molecule has 2 aromatic rings. The summed E-state index contributed by atoms with van der Waals surface area (Å²) in [5.41, 5.74) is 0.497. The zero-order chi connectivity index (χ0) is 20.1. The lowest BCUT2D eigenvalue weighted by Gasteiger charge is -2.20. The Balaban J connectivity index is 1.48. The predicted molar refractivity (Wildman–Crippen MR) is 100 cm³/mol. The highest BCUT2D eigenvalue weighted by Gasteiger charge is 2.26. The first kappa shape index (κ1) is 19.8. The van der Waals surface area contributed by atoms with Gasteiger partial charge in [-0.3, -0.25) is 0 Å². The van der Waals surface area contributed by atoms with Crippen LogP contribution in [0.1, 0.15) is 39.7 Å². The van der Waals surface area contributed by atoms with E-state index in [-0.39, 0.29) is 18.7 Å². The molecule has 0 aliphatic heterocycles. The van der Waals surface area contributed by atoms with Crippen molar-refractivity contribution in [3.63, 3.8) is 0 Å². The standard InChI is InChI=1S/C19H24FN5O3/c1-19(2,3)28-18(26)21-11-13(10-20)12-27-16-8-4-14(5-9-16)17-22-24-25(23-17)15-6-7-15/h4-5,8-10,15H,6-7,11-12H2,1-3H3,(H,21,26)/b13-10+. The summed E-state index contributed by atoms with van der Waals surface area (Å²) in [5, 5.41) is 15.0. The van der Waals surface area contributed by atoms with Crippen molar-refractivity contribution < 1.29 is 18.7 Å². The molecule has 0 bridgehead atoms. The number of alkyl carbamates (subject to hydrolysis) is 1. The molecule has 0 saturated heterocycles. The van der Waals surface area contributed by atoms with Gasteiger partial charge in [-0.05, 0) is 63.1 Å². The van der Waals surface area contributed by atoms with Gasteiger partial charge in [0.1, 0.15) is 18.0 Å². The maximum atomic E-state index is 13.0. The Bertz CT molecular complexity index is 838. The molecule has 1 saturated carbocycles. The van der Waals surface area contributed by atoms with Gasteiger partial charge in [0.05, 0.1) is 12.4 Å². The van der Waals surface area contributed by atoms with Crippen molar-refractivity contribution in [1.29, 1.82) is 0 Å². The minimum absolute atomic E-state index is 0.00174. The molecule has 1 amide bonds. The number of nitrogens with one attached hydrogen (secondary N) is 1. The number of rotatable bonds is 7. The Kier molecular flexibility index (Phi) is 5.91. The quantitative estimate of drug-likeness (QED) is 0.780. The summed E-state index contributed by atoms with van der Waals surface area (Å²) in [4.78, 5) is 13.3. The third-order valence-electron chi connectivity index (χ3n) is 3.85. The second kappa shape index (κ2) is 8.37. The molecular formula is C19H24FN5O3. The number of hydrogen-bond acceptors (Lipinski definition) is 6. The van der Waals surface area contributed by atoms with Gasteiger partial charge in [-0.15, -0.1) is 10.2 Å². The first-order chi connectivity index (χ1) is 13.3. The van der Waals surface area contributed by atoms with Crippen LogP contribution in [0.3, 0.4) is 0 Å².